The highest BCUT2D eigenvalue weighted by Gasteiger charge is 2.19. The number of hydrogen-bond donors (Lipinski definition) is 1. The first kappa shape index (κ1) is 16.1. The Bertz CT molecular complexity index is 649. The number of aromatic nitrogens is 2. The monoisotopic (exact) mass is 301 g/mol. The van der Waals surface area contributed by atoms with Crippen molar-refractivity contribution in [3.8, 4) is 11.9 Å². The van der Waals surface area contributed by atoms with Gasteiger partial charge in [-0.3, -0.25) is 0 Å². The Morgan fingerprint density at radius 1 is 0.955 bits per heavy atom. The van der Waals surface area contributed by atoms with E-state index in [-0.39, 0.29) is 11.9 Å². The molecule has 1 heterocycles. The third-order valence-electron chi connectivity index (χ3n) is 3.33. The second-order valence-corrected chi connectivity index (χ2v) is 5.64. The van der Waals surface area contributed by atoms with Crippen LogP contribution in [0.15, 0.2) is 18.2 Å². The largest absolute Gasteiger partial charge is 0.481 e. The third-order valence-corrected chi connectivity index (χ3v) is 3.33. The van der Waals surface area contributed by atoms with Crippen molar-refractivity contribution in [3.63, 3.8) is 0 Å². The molecule has 0 aliphatic carbocycles. The standard InChI is InChI=1S/C17H23N3O2/c1-10(2)14-15(19-17(22-6)20-16(14)21-5)18-13-8-11(3)7-12(4)9-13/h7-10H,1-6H3,(H,18,19,20). The summed E-state index contributed by atoms with van der Waals surface area (Å²) in [7, 11) is 3.15. The van der Waals surface area contributed by atoms with Crippen LogP contribution in [0.25, 0.3) is 0 Å². The van der Waals surface area contributed by atoms with Crippen molar-refractivity contribution in [2.75, 3.05) is 19.5 Å². The average molecular weight is 301 g/mol. The van der Waals surface area contributed by atoms with Gasteiger partial charge in [0.1, 0.15) is 5.82 Å². The SMILES string of the molecule is COc1nc(Nc2cc(C)cc(C)c2)c(C(C)C)c(OC)n1. The molecule has 1 N–H and O–H groups in total. The van der Waals surface area contributed by atoms with Crippen molar-refractivity contribution < 1.29 is 9.47 Å². The number of nitrogens with zero attached hydrogens (tertiary/aromatic N) is 2. The van der Waals surface area contributed by atoms with Crippen LogP contribution in [0.3, 0.4) is 0 Å². The Balaban J connectivity index is 2.52. The molecule has 1 aromatic carbocycles. The Labute approximate surface area is 131 Å². The van der Waals surface area contributed by atoms with Crippen LogP contribution >= 0.6 is 0 Å². The number of ether oxygens (including phenoxy) is 2. The summed E-state index contributed by atoms with van der Waals surface area (Å²) in [6, 6.07) is 6.58. The van der Waals surface area contributed by atoms with Crippen molar-refractivity contribution in [1.29, 1.82) is 0 Å². The lowest BCUT2D eigenvalue weighted by atomic mass is 10.0. The summed E-state index contributed by atoms with van der Waals surface area (Å²) < 4.78 is 10.6. The fourth-order valence-corrected chi connectivity index (χ4v) is 2.48. The van der Waals surface area contributed by atoms with Gasteiger partial charge in [-0.25, -0.2) is 0 Å². The fourth-order valence-electron chi connectivity index (χ4n) is 2.48. The highest BCUT2D eigenvalue weighted by atomic mass is 16.5. The summed E-state index contributed by atoms with van der Waals surface area (Å²) in [6.45, 7) is 8.31. The third kappa shape index (κ3) is 3.47. The lowest BCUT2D eigenvalue weighted by Crippen LogP contribution is -2.07. The molecular weight excluding hydrogens is 278 g/mol. The van der Waals surface area contributed by atoms with Crippen molar-refractivity contribution in [2.24, 2.45) is 0 Å². The normalized spacial score (nSPS) is 10.7. The predicted molar refractivity (Wildman–Crippen MR) is 88.4 cm³/mol. The number of anilines is 2. The topological polar surface area (TPSA) is 56.3 Å². The lowest BCUT2D eigenvalue weighted by molar-refractivity contribution is 0.348. The Morgan fingerprint density at radius 3 is 2.09 bits per heavy atom. The van der Waals surface area contributed by atoms with E-state index in [2.05, 4.69) is 61.2 Å². The van der Waals surface area contributed by atoms with E-state index in [9.17, 15) is 0 Å². The molecule has 2 rings (SSSR count). The van der Waals surface area contributed by atoms with Crippen LogP contribution in [0.2, 0.25) is 0 Å². The van der Waals surface area contributed by atoms with E-state index in [0.29, 0.717) is 11.7 Å². The molecule has 0 radical (unpaired) electrons. The molecule has 5 heteroatoms. The average Bonchev–Trinajstić information content (AvgIpc) is 2.44. The van der Waals surface area contributed by atoms with E-state index in [1.807, 2.05) is 0 Å². The smallest absolute Gasteiger partial charge is 0.321 e. The second kappa shape index (κ2) is 6.64. The molecule has 0 unspecified atom stereocenters. The van der Waals surface area contributed by atoms with Gasteiger partial charge >= 0.3 is 6.01 Å². The minimum absolute atomic E-state index is 0.217. The first-order valence-corrected chi connectivity index (χ1v) is 7.29. The molecule has 0 bridgehead atoms. The summed E-state index contributed by atoms with van der Waals surface area (Å²) in [5.74, 6) is 1.46. The van der Waals surface area contributed by atoms with Gasteiger partial charge < -0.3 is 14.8 Å². The van der Waals surface area contributed by atoms with Gasteiger partial charge in [0.2, 0.25) is 5.88 Å². The molecule has 0 aliphatic rings. The molecule has 1 aromatic heterocycles. The number of nitrogens with one attached hydrogen (secondary N) is 1. The fraction of sp³-hybridized carbons (Fsp3) is 0.412. The molecule has 118 valence electrons. The summed E-state index contributed by atoms with van der Waals surface area (Å²) >= 11 is 0. The maximum atomic E-state index is 5.40. The highest BCUT2D eigenvalue weighted by molar-refractivity contribution is 5.63. The van der Waals surface area contributed by atoms with Crippen molar-refractivity contribution in [1.82, 2.24) is 9.97 Å². The van der Waals surface area contributed by atoms with Crippen LogP contribution in [-0.2, 0) is 0 Å². The quantitative estimate of drug-likeness (QED) is 0.905. The maximum Gasteiger partial charge on any atom is 0.321 e. The molecule has 2 aromatic rings. The summed E-state index contributed by atoms with van der Waals surface area (Å²) in [5, 5.41) is 3.37. The number of hydrogen-bond acceptors (Lipinski definition) is 5. The minimum Gasteiger partial charge on any atom is -0.481 e. The first-order chi connectivity index (χ1) is 10.4. The molecule has 5 nitrogen and oxygen atoms in total. The van der Waals surface area contributed by atoms with Gasteiger partial charge in [-0.15, -0.1) is 0 Å². The van der Waals surface area contributed by atoms with Gasteiger partial charge in [0.05, 0.1) is 19.8 Å². The van der Waals surface area contributed by atoms with Crippen molar-refractivity contribution in [3.05, 3.63) is 34.9 Å². The molecule has 0 saturated carbocycles. The van der Waals surface area contributed by atoms with Crippen LogP contribution < -0.4 is 14.8 Å². The van der Waals surface area contributed by atoms with Crippen molar-refractivity contribution >= 4 is 11.5 Å². The van der Waals surface area contributed by atoms with Gasteiger partial charge in [-0.1, -0.05) is 19.9 Å². The zero-order chi connectivity index (χ0) is 16.3. The van der Waals surface area contributed by atoms with Crippen molar-refractivity contribution in [2.45, 2.75) is 33.6 Å². The van der Waals surface area contributed by atoms with E-state index in [4.69, 9.17) is 9.47 Å². The molecule has 0 fully saturated rings. The zero-order valence-electron chi connectivity index (χ0n) is 14.0. The van der Waals surface area contributed by atoms with E-state index in [0.717, 1.165) is 11.3 Å². The molecule has 0 aliphatic heterocycles. The summed E-state index contributed by atoms with van der Waals surface area (Å²) in [5.41, 5.74) is 4.31. The Kier molecular flexibility index (Phi) is 4.85. The van der Waals surface area contributed by atoms with Gasteiger partial charge in [0.15, 0.2) is 0 Å². The van der Waals surface area contributed by atoms with E-state index in [1.54, 1.807) is 14.2 Å². The zero-order valence-corrected chi connectivity index (χ0v) is 14.0. The lowest BCUT2D eigenvalue weighted by Gasteiger charge is -2.17. The molecule has 0 atom stereocenters. The highest BCUT2D eigenvalue weighted by Crippen LogP contribution is 2.34. The molecule has 0 amide bonds. The molecular formula is C17H23N3O2. The Hall–Kier alpha value is -2.30. The van der Waals surface area contributed by atoms with Crippen LogP contribution in [0.4, 0.5) is 11.5 Å². The van der Waals surface area contributed by atoms with Crippen LogP contribution in [0, 0.1) is 13.8 Å². The molecule has 0 spiro atoms. The number of methoxy groups -OCH3 is 2. The van der Waals surface area contributed by atoms with Gasteiger partial charge in [0.25, 0.3) is 0 Å². The van der Waals surface area contributed by atoms with E-state index < -0.39 is 0 Å². The minimum atomic E-state index is 0.217. The Morgan fingerprint density at radius 2 is 1.59 bits per heavy atom. The van der Waals surface area contributed by atoms with E-state index in [1.165, 1.54) is 11.1 Å². The van der Waals surface area contributed by atoms with Gasteiger partial charge in [0, 0.05) is 5.69 Å². The predicted octanol–water partition coefficient (Wildman–Crippen LogP) is 3.98. The van der Waals surface area contributed by atoms with Crippen LogP contribution in [0.1, 0.15) is 36.5 Å². The number of rotatable bonds is 5. The number of benzene rings is 1. The number of aryl methyl sites for hydroxylation is 2. The van der Waals surface area contributed by atoms with Crippen LogP contribution in [0.5, 0.6) is 11.9 Å². The summed E-state index contributed by atoms with van der Waals surface area (Å²) in [4.78, 5) is 8.72. The second-order valence-electron chi connectivity index (χ2n) is 5.64. The van der Waals surface area contributed by atoms with Gasteiger partial charge in [-0.2, -0.15) is 9.97 Å². The van der Waals surface area contributed by atoms with Gasteiger partial charge in [-0.05, 0) is 43.0 Å². The first-order valence-electron chi connectivity index (χ1n) is 7.29. The van der Waals surface area contributed by atoms with Crippen LogP contribution in [-0.4, -0.2) is 24.2 Å². The maximum absolute atomic E-state index is 5.40. The molecule has 0 saturated heterocycles. The molecule has 22 heavy (non-hydrogen) atoms. The van der Waals surface area contributed by atoms with E-state index >= 15 is 0 Å². The summed E-state index contributed by atoms with van der Waals surface area (Å²) in [6.07, 6.45) is 0.